The van der Waals surface area contributed by atoms with Crippen molar-refractivity contribution in [2.45, 2.75) is 37.9 Å². The Bertz CT molecular complexity index is 1320. The third-order valence-electron chi connectivity index (χ3n) is 4.97. The molecule has 11 heteroatoms. The van der Waals surface area contributed by atoms with Crippen LogP contribution in [-0.2, 0) is 21.0 Å². The van der Waals surface area contributed by atoms with Gasteiger partial charge in [0.1, 0.15) is 5.75 Å². The van der Waals surface area contributed by atoms with E-state index in [-0.39, 0.29) is 10.6 Å². The number of hydrogen-bond acceptors (Lipinski definition) is 4. The molecule has 1 amide bonds. The standard InChI is InChI=1S/C24H22ClF3N2O4S/c1-14-11-20(12-15(2)22(14)25)34-16(3)23(31)29-18-7-9-21(10-8-18)35(32,33)30-19-6-4-5-17(13-19)24(26,27)28/h4-13,16,30H,1-3H3,(H,29,31). The normalized spacial score (nSPS) is 12.7. The van der Waals surface area contributed by atoms with E-state index in [4.69, 9.17) is 16.3 Å². The molecule has 186 valence electrons. The van der Waals surface area contributed by atoms with E-state index in [0.29, 0.717) is 22.5 Å². The van der Waals surface area contributed by atoms with Crippen LogP contribution in [0.15, 0.2) is 65.6 Å². The summed E-state index contributed by atoms with van der Waals surface area (Å²) in [4.78, 5) is 12.3. The second-order valence-electron chi connectivity index (χ2n) is 7.83. The number of anilines is 2. The van der Waals surface area contributed by atoms with Crippen LogP contribution in [0.25, 0.3) is 0 Å². The highest BCUT2D eigenvalue weighted by Crippen LogP contribution is 2.31. The Morgan fingerprint density at radius 1 is 0.971 bits per heavy atom. The number of amides is 1. The highest BCUT2D eigenvalue weighted by atomic mass is 35.5. The molecule has 0 spiro atoms. The number of nitrogens with one attached hydrogen (secondary N) is 2. The van der Waals surface area contributed by atoms with E-state index in [1.165, 1.54) is 30.3 Å². The summed E-state index contributed by atoms with van der Waals surface area (Å²) < 4.78 is 71.6. The van der Waals surface area contributed by atoms with Crippen molar-refractivity contribution < 1.29 is 31.1 Å². The van der Waals surface area contributed by atoms with Gasteiger partial charge in [-0.15, -0.1) is 0 Å². The van der Waals surface area contributed by atoms with E-state index in [2.05, 4.69) is 10.0 Å². The molecule has 3 aromatic rings. The van der Waals surface area contributed by atoms with Gasteiger partial charge in [0.25, 0.3) is 15.9 Å². The Kier molecular flexibility index (Phi) is 7.66. The summed E-state index contributed by atoms with van der Waals surface area (Å²) >= 11 is 6.14. The fraction of sp³-hybridized carbons (Fsp3) is 0.208. The average molecular weight is 527 g/mol. The molecule has 2 N–H and O–H groups in total. The van der Waals surface area contributed by atoms with Gasteiger partial charge in [0.2, 0.25) is 0 Å². The predicted octanol–water partition coefficient (Wildman–Crippen LogP) is 6.18. The van der Waals surface area contributed by atoms with Gasteiger partial charge in [-0.2, -0.15) is 13.2 Å². The molecule has 0 aliphatic heterocycles. The second kappa shape index (κ2) is 10.2. The molecule has 0 aromatic heterocycles. The van der Waals surface area contributed by atoms with Gasteiger partial charge in [-0.3, -0.25) is 9.52 Å². The van der Waals surface area contributed by atoms with Crippen LogP contribution < -0.4 is 14.8 Å². The highest BCUT2D eigenvalue weighted by molar-refractivity contribution is 7.92. The zero-order chi connectivity index (χ0) is 26.0. The minimum Gasteiger partial charge on any atom is -0.481 e. The van der Waals surface area contributed by atoms with Crippen LogP contribution in [0.1, 0.15) is 23.6 Å². The van der Waals surface area contributed by atoms with Crippen molar-refractivity contribution >= 4 is 38.9 Å². The van der Waals surface area contributed by atoms with Crippen molar-refractivity contribution in [2.24, 2.45) is 0 Å². The molecule has 35 heavy (non-hydrogen) atoms. The summed E-state index contributed by atoms with van der Waals surface area (Å²) in [6.45, 7) is 5.21. The molecule has 1 atom stereocenters. The zero-order valence-electron chi connectivity index (χ0n) is 18.9. The molecule has 3 aromatic carbocycles. The van der Waals surface area contributed by atoms with E-state index in [1.807, 2.05) is 13.8 Å². The molecule has 6 nitrogen and oxygen atoms in total. The van der Waals surface area contributed by atoms with Gasteiger partial charge in [-0.25, -0.2) is 8.42 Å². The lowest BCUT2D eigenvalue weighted by Gasteiger charge is -2.16. The first kappa shape index (κ1) is 26.4. The largest absolute Gasteiger partial charge is 0.481 e. The number of carbonyl (C=O) groups excluding carboxylic acids is 1. The molecule has 0 saturated heterocycles. The van der Waals surface area contributed by atoms with Crippen LogP contribution in [0.2, 0.25) is 5.02 Å². The second-order valence-corrected chi connectivity index (χ2v) is 9.89. The van der Waals surface area contributed by atoms with Crippen LogP contribution in [-0.4, -0.2) is 20.4 Å². The monoisotopic (exact) mass is 526 g/mol. The number of aryl methyl sites for hydroxylation is 2. The van der Waals surface area contributed by atoms with Gasteiger partial charge < -0.3 is 10.1 Å². The van der Waals surface area contributed by atoms with E-state index < -0.39 is 33.8 Å². The Morgan fingerprint density at radius 2 is 1.57 bits per heavy atom. The fourth-order valence-corrected chi connectivity index (χ4v) is 4.32. The van der Waals surface area contributed by atoms with Crippen molar-refractivity contribution in [2.75, 3.05) is 10.0 Å². The van der Waals surface area contributed by atoms with Crippen LogP contribution in [0.3, 0.4) is 0 Å². The lowest BCUT2D eigenvalue weighted by atomic mass is 10.1. The summed E-state index contributed by atoms with van der Waals surface area (Å²) in [7, 11) is -4.16. The maximum absolute atomic E-state index is 12.9. The third kappa shape index (κ3) is 6.67. The highest BCUT2D eigenvalue weighted by Gasteiger charge is 2.30. The van der Waals surface area contributed by atoms with Crippen molar-refractivity contribution in [3.05, 3.63) is 82.4 Å². The lowest BCUT2D eigenvalue weighted by Crippen LogP contribution is -2.30. The van der Waals surface area contributed by atoms with Crippen molar-refractivity contribution in [1.29, 1.82) is 0 Å². The summed E-state index contributed by atoms with van der Waals surface area (Å²) in [5.74, 6) is 0.0158. The smallest absolute Gasteiger partial charge is 0.416 e. The first-order chi connectivity index (χ1) is 16.3. The molecule has 0 bridgehead atoms. The van der Waals surface area contributed by atoms with Crippen LogP contribution in [0.5, 0.6) is 5.75 Å². The quantitative estimate of drug-likeness (QED) is 0.385. The van der Waals surface area contributed by atoms with E-state index in [0.717, 1.165) is 23.3 Å². The number of alkyl halides is 3. The van der Waals surface area contributed by atoms with Gasteiger partial charge in [0.05, 0.1) is 10.5 Å². The zero-order valence-corrected chi connectivity index (χ0v) is 20.5. The molecule has 0 heterocycles. The first-order valence-corrected chi connectivity index (χ1v) is 12.2. The number of sulfonamides is 1. The van der Waals surface area contributed by atoms with Crippen molar-refractivity contribution in [1.82, 2.24) is 0 Å². The van der Waals surface area contributed by atoms with Gasteiger partial charge in [0, 0.05) is 16.4 Å². The fourth-order valence-electron chi connectivity index (χ4n) is 3.17. The SMILES string of the molecule is Cc1cc(OC(C)C(=O)Nc2ccc(S(=O)(=O)Nc3cccc(C(F)(F)F)c3)cc2)cc(C)c1Cl. The Morgan fingerprint density at radius 3 is 2.14 bits per heavy atom. The Labute approximate surface area is 206 Å². The number of ether oxygens (including phenoxy) is 1. The minimum absolute atomic E-state index is 0.190. The maximum Gasteiger partial charge on any atom is 0.416 e. The van der Waals surface area contributed by atoms with E-state index >= 15 is 0 Å². The van der Waals surface area contributed by atoms with Gasteiger partial charge >= 0.3 is 6.18 Å². The first-order valence-electron chi connectivity index (χ1n) is 10.3. The molecular weight excluding hydrogens is 505 g/mol. The summed E-state index contributed by atoms with van der Waals surface area (Å²) in [5.41, 5.74) is 0.730. The third-order valence-corrected chi connectivity index (χ3v) is 6.96. The minimum atomic E-state index is -4.60. The predicted molar refractivity (Wildman–Crippen MR) is 128 cm³/mol. The van der Waals surface area contributed by atoms with Gasteiger partial charge in [-0.1, -0.05) is 17.7 Å². The molecule has 0 saturated carbocycles. The summed E-state index contributed by atoms with van der Waals surface area (Å²) in [5, 5.41) is 3.24. The lowest BCUT2D eigenvalue weighted by molar-refractivity contribution is -0.137. The molecule has 0 fully saturated rings. The number of halogens is 4. The number of carbonyl (C=O) groups is 1. The molecule has 0 radical (unpaired) electrons. The number of hydrogen-bond donors (Lipinski definition) is 2. The van der Waals surface area contributed by atoms with Gasteiger partial charge in [0.15, 0.2) is 6.10 Å². The molecule has 0 aliphatic carbocycles. The van der Waals surface area contributed by atoms with Crippen molar-refractivity contribution in [3.8, 4) is 5.75 Å². The molecule has 0 aliphatic rings. The maximum atomic E-state index is 12.9. The number of benzene rings is 3. The topological polar surface area (TPSA) is 84.5 Å². The van der Waals surface area contributed by atoms with E-state index in [1.54, 1.807) is 19.1 Å². The van der Waals surface area contributed by atoms with Crippen molar-refractivity contribution in [3.63, 3.8) is 0 Å². The molecule has 3 rings (SSSR count). The molecule has 1 unspecified atom stereocenters. The Balaban J connectivity index is 1.66. The summed E-state index contributed by atoms with van der Waals surface area (Å²) in [6.07, 6.45) is -5.46. The van der Waals surface area contributed by atoms with Gasteiger partial charge in [-0.05, 0) is 86.5 Å². The average Bonchev–Trinajstić information content (AvgIpc) is 2.77. The van der Waals surface area contributed by atoms with Crippen LogP contribution in [0.4, 0.5) is 24.5 Å². The van der Waals surface area contributed by atoms with E-state index in [9.17, 15) is 26.4 Å². The van der Waals surface area contributed by atoms with Crippen LogP contribution in [0, 0.1) is 13.8 Å². The number of rotatable bonds is 7. The molecular formula is C24H22ClF3N2O4S. The summed E-state index contributed by atoms with van der Waals surface area (Å²) in [6, 6.07) is 12.5. The Hall–Kier alpha value is -3.24. The van der Waals surface area contributed by atoms with Crippen LogP contribution >= 0.6 is 11.6 Å².